The molecule has 16 heavy (non-hydrogen) atoms. The number of carbonyl (C=O) groups is 1. The van der Waals surface area contributed by atoms with E-state index in [0.29, 0.717) is 25.6 Å². The minimum absolute atomic E-state index is 0.0874. The molecule has 0 saturated carbocycles. The van der Waals surface area contributed by atoms with E-state index in [1.54, 1.807) is 0 Å². The van der Waals surface area contributed by atoms with Crippen LogP contribution in [0.4, 0.5) is 0 Å². The van der Waals surface area contributed by atoms with Crippen molar-refractivity contribution in [2.75, 3.05) is 13.2 Å². The second-order valence-corrected chi connectivity index (χ2v) is 4.69. The van der Waals surface area contributed by atoms with Crippen LogP contribution in [-0.2, 0) is 19.0 Å². The Balaban J connectivity index is 2.25. The minimum Gasteiger partial charge on any atom is -0.466 e. The van der Waals surface area contributed by atoms with Gasteiger partial charge in [-0.1, -0.05) is 6.92 Å². The second-order valence-electron chi connectivity index (χ2n) is 4.69. The van der Waals surface area contributed by atoms with Crippen molar-refractivity contribution in [2.24, 2.45) is 5.92 Å². The molecule has 1 fully saturated rings. The van der Waals surface area contributed by atoms with Crippen molar-refractivity contribution in [1.82, 2.24) is 0 Å². The lowest BCUT2D eigenvalue weighted by Crippen LogP contribution is -2.25. The van der Waals surface area contributed by atoms with Crippen molar-refractivity contribution in [1.29, 1.82) is 0 Å². The highest BCUT2D eigenvalue weighted by Gasteiger charge is 2.35. The molecular weight excluding hydrogens is 208 g/mol. The molecule has 1 rings (SSSR count). The Bertz CT molecular complexity index is 237. The first-order valence-electron chi connectivity index (χ1n) is 5.92. The van der Waals surface area contributed by atoms with E-state index in [0.717, 1.165) is 6.42 Å². The molecule has 0 amide bonds. The van der Waals surface area contributed by atoms with E-state index >= 15 is 0 Å². The van der Waals surface area contributed by atoms with Gasteiger partial charge in [-0.15, -0.1) is 0 Å². The van der Waals surface area contributed by atoms with Crippen LogP contribution in [0.15, 0.2) is 0 Å². The molecule has 0 unspecified atom stereocenters. The largest absolute Gasteiger partial charge is 0.466 e. The fourth-order valence-electron chi connectivity index (χ4n) is 1.76. The number of ether oxygens (including phenoxy) is 3. The van der Waals surface area contributed by atoms with Gasteiger partial charge in [-0.2, -0.15) is 0 Å². The molecule has 0 aromatic heterocycles. The van der Waals surface area contributed by atoms with E-state index in [2.05, 4.69) is 6.92 Å². The molecule has 1 heterocycles. The number of hydrogen-bond donors (Lipinski definition) is 0. The lowest BCUT2D eigenvalue weighted by Gasteiger charge is -2.20. The van der Waals surface area contributed by atoms with Gasteiger partial charge < -0.3 is 14.2 Å². The SMILES string of the molecule is CCOC(=O)CC[C@H](C)[C@H]1COC(C)(C)O1. The summed E-state index contributed by atoms with van der Waals surface area (Å²) in [4.78, 5) is 11.2. The van der Waals surface area contributed by atoms with Crippen LogP contribution < -0.4 is 0 Å². The Morgan fingerprint density at radius 2 is 2.25 bits per heavy atom. The lowest BCUT2D eigenvalue weighted by atomic mass is 9.99. The zero-order chi connectivity index (χ0) is 12.2. The number of esters is 1. The molecule has 0 aromatic rings. The topological polar surface area (TPSA) is 44.8 Å². The maximum atomic E-state index is 11.2. The van der Waals surface area contributed by atoms with Crippen molar-refractivity contribution < 1.29 is 19.0 Å². The van der Waals surface area contributed by atoms with E-state index in [9.17, 15) is 4.79 Å². The first kappa shape index (κ1) is 13.5. The summed E-state index contributed by atoms with van der Waals surface area (Å²) in [6.45, 7) is 8.77. The molecule has 0 radical (unpaired) electrons. The molecule has 2 atom stereocenters. The highest BCUT2D eigenvalue weighted by Crippen LogP contribution is 2.28. The van der Waals surface area contributed by atoms with Gasteiger partial charge in [0.15, 0.2) is 5.79 Å². The molecule has 4 nitrogen and oxygen atoms in total. The summed E-state index contributed by atoms with van der Waals surface area (Å²) in [5.41, 5.74) is 0. The third-order valence-corrected chi connectivity index (χ3v) is 2.77. The molecule has 1 aliphatic rings. The van der Waals surface area contributed by atoms with Crippen molar-refractivity contribution in [2.45, 2.75) is 52.4 Å². The summed E-state index contributed by atoms with van der Waals surface area (Å²) in [6, 6.07) is 0. The highest BCUT2D eigenvalue weighted by molar-refractivity contribution is 5.69. The van der Waals surface area contributed by atoms with Crippen LogP contribution in [0.2, 0.25) is 0 Å². The minimum atomic E-state index is -0.483. The van der Waals surface area contributed by atoms with Crippen LogP contribution in [0.5, 0.6) is 0 Å². The molecule has 1 saturated heterocycles. The molecule has 0 spiro atoms. The molecule has 0 aromatic carbocycles. The Hall–Kier alpha value is -0.610. The average Bonchev–Trinajstić information content (AvgIpc) is 2.56. The average molecular weight is 230 g/mol. The quantitative estimate of drug-likeness (QED) is 0.679. The predicted molar refractivity (Wildman–Crippen MR) is 59.9 cm³/mol. The normalized spacial score (nSPS) is 25.4. The molecule has 0 bridgehead atoms. The molecule has 94 valence electrons. The highest BCUT2D eigenvalue weighted by atomic mass is 16.7. The number of hydrogen-bond acceptors (Lipinski definition) is 4. The summed E-state index contributed by atoms with van der Waals surface area (Å²) in [5, 5.41) is 0. The van der Waals surface area contributed by atoms with Crippen LogP contribution in [0.25, 0.3) is 0 Å². The fraction of sp³-hybridized carbons (Fsp3) is 0.917. The van der Waals surface area contributed by atoms with Gasteiger partial charge in [0.2, 0.25) is 0 Å². The van der Waals surface area contributed by atoms with Gasteiger partial charge in [0.25, 0.3) is 0 Å². The van der Waals surface area contributed by atoms with Crippen molar-refractivity contribution in [3.05, 3.63) is 0 Å². The first-order valence-corrected chi connectivity index (χ1v) is 5.92. The maximum absolute atomic E-state index is 11.2. The van der Waals surface area contributed by atoms with Crippen molar-refractivity contribution in [3.63, 3.8) is 0 Å². The Morgan fingerprint density at radius 3 is 2.75 bits per heavy atom. The number of rotatable bonds is 5. The molecule has 0 N–H and O–H groups in total. The third-order valence-electron chi connectivity index (χ3n) is 2.77. The summed E-state index contributed by atoms with van der Waals surface area (Å²) in [5.74, 6) is -0.304. The van der Waals surface area contributed by atoms with Gasteiger partial charge in [-0.3, -0.25) is 4.79 Å². The fourth-order valence-corrected chi connectivity index (χ4v) is 1.76. The van der Waals surface area contributed by atoms with Gasteiger partial charge >= 0.3 is 5.97 Å². The zero-order valence-electron chi connectivity index (χ0n) is 10.6. The van der Waals surface area contributed by atoms with Crippen LogP contribution in [-0.4, -0.2) is 31.1 Å². The van der Waals surface area contributed by atoms with Crippen molar-refractivity contribution in [3.8, 4) is 0 Å². The molecular formula is C12H22O4. The van der Waals surface area contributed by atoms with Gasteiger partial charge in [0, 0.05) is 6.42 Å². The lowest BCUT2D eigenvalue weighted by molar-refractivity contribution is -0.146. The van der Waals surface area contributed by atoms with Gasteiger partial charge in [-0.25, -0.2) is 0 Å². The molecule has 4 heteroatoms. The first-order chi connectivity index (χ1) is 7.44. The van der Waals surface area contributed by atoms with Crippen LogP contribution in [0.3, 0.4) is 0 Å². The third kappa shape index (κ3) is 4.10. The van der Waals surface area contributed by atoms with E-state index in [1.807, 2.05) is 20.8 Å². The van der Waals surface area contributed by atoms with Crippen LogP contribution >= 0.6 is 0 Å². The smallest absolute Gasteiger partial charge is 0.305 e. The predicted octanol–water partition coefficient (Wildman–Crippen LogP) is 2.12. The summed E-state index contributed by atoms with van der Waals surface area (Å²) >= 11 is 0. The molecule has 1 aliphatic heterocycles. The second kappa shape index (κ2) is 5.64. The maximum Gasteiger partial charge on any atom is 0.305 e. The summed E-state index contributed by atoms with van der Waals surface area (Å²) in [7, 11) is 0. The van der Waals surface area contributed by atoms with E-state index in [-0.39, 0.29) is 12.1 Å². The van der Waals surface area contributed by atoms with Crippen LogP contribution in [0, 0.1) is 5.92 Å². The van der Waals surface area contributed by atoms with Gasteiger partial charge in [0.05, 0.1) is 19.3 Å². The Morgan fingerprint density at radius 1 is 1.56 bits per heavy atom. The van der Waals surface area contributed by atoms with Crippen molar-refractivity contribution >= 4 is 5.97 Å². The van der Waals surface area contributed by atoms with Gasteiger partial charge in [-0.05, 0) is 33.1 Å². The zero-order valence-corrected chi connectivity index (χ0v) is 10.6. The Labute approximate surface area is 97.2 Å². The standard InChI is InChI=1S/C12H22O4/c1-5-14-11(13)7-6-9(2)10-8-15-12(3,4)16-10/h9-10H,5-8H2,1-4H3/t9-,10+/m0/s1. The van der Waals surface area contributed by atoms with E-state index < -0.39 is 5.79 Å². The molecule has 0 aliphatic carbocycles. The van der Waals surface area contributed by atoms with Crippen LogP contribution in [0.1, 0.15) is 40.5 Å². The number of carbonyl (C=O) groups excluding carboxylic acids is 1. The summed E-state index contributed by atoms with van der Waals surface area (Å²) in [6.07, 6.45) is 1.32. The Kier molecular flexibility index (Phi) is 4.74. The van der Waals surface area contributed by atoms with Gasteiger partial charge in [0.1, 0.15) is 0 Å². The monoisotopic (exact) mass is 230 g/mol. The van der Waals surface area contributed by atoms with E-state index in [1.165, 1.54) is 0 Å². The van der Waals surface area contributed by atoms with E-state index in [4.69, 9.17) is 14.2 Å². The summed E-state index contributed by atoms with van der Waals surface area (Å²) < 4.78 is 16.1.